The monoisotopic (exact) mass is 256 g/mol. The van der Waals surface area contributed by atoms with Crippen molar-refractivity contribution in [3.05, 3.63) is 37.8 Å². The van der Waals surface area contributed by atoms with Crippen LogP contribution in [0.3, 0.4) is 0 Å². The first-order valence-corrected chi connectivity index (χ1v) is 5.11. The maximum atomic E-state index is 10.6. The van der Waals surface area contributed by atoms with Crippen molar-refractivity contribution in [3.63, 3.8) is 0 Å². The van der Waals surface area contributed by atoms with Gasteiger partial charge in [-0.25, -0.2) is 0 Å². The average Bonchev–Trinajstić information content (AvgIpc) is 2.48. The third-order valence-electron chi connectivity index (χ3n) is 2.53. The number of fused-ring (bicyclic) bond motifs is 1. The molecule has 5 heteroatoms. The molecule has 1 atom stereocenters. The minimum atomic E-state index is -0.393. The van der Waals surface area contributed by atoms with Crippen molar-refractivity contribution in [1.82, 2.24) is 0 Å². The first-order chi connectivity index (χ1) is 6.59. The van der Waals surface area contributed by atoms with Crippen molar-refractivity contribution >= 4 is 21.6 Å². The smallest absolute Gasteiger partial charge is 0.270 e. The molecule has 0 aromatic heterocycles. The van der Waals surface area contributed by atoms with Gasteiger partial charge in [-0.15, -0.1) is 0 Å². The maximum absolute atomic E-state index is 10.6. The van der Waals surface area contributed by atoms with E-state index in [0.29, 0.717) is 0 Å². The zero-order valence-corrected chi connectivity index (χ0v) is 8.95. The molecule has 4 nitrogen and oxygen atoms in total. The summed E-state index contributed by atoms with van der Waals surface area (Å²) in [6.45, 7) is 0. The van der Waals surface area contributed by atoms with E-state index in [1.165, 1.54) is 6.07 Å². The van der Waals surface area contributed by atoms with Crippen LogP contribution in [0.15, 0.2) is 16.6 Å². The zero-order valence-electron chi connectivity index (χ0n) is 7.37. The van der Waals surface area contributed by atoms with Crippen LogP contribution in [0.4, 0.5) is 5.69 Å². The number of non-ortho nitro benzene ring substituents is 1. The summed E-state index contributed by atoms with van der Waals surface area (Å²) in [5, 5.41) is 10.6. The summed E-state index contributed by atoms with van der Waals surface area (Å²) in [6.07, 6.45) is 1.77. The Hall–Kier alpha value is -0.940. The van der Waals surface area contributed by atoms with Gasteiger partial charge in [0.1, 0.15) is 0 Å². The summed E-state index contributed by atoms with van der Waals surface area (Å²) >= 11 is 3.33. The molecule has 1 aromatic carbocycles. The molecular weight excluding hydrogens is 248 g/mol. The Morgan fingerprint density at radius 3 is 2.93 bits per heavy atom. The molecule has 0 aliphatic heterocycles. The van der Waals surface area contributed by atoms with Gasteiger partial charge in [-0.2, -0.15) is 0 Å². The molecule has 0 unspecified atom stereocenters. The van der Waals surface area contributed by atoms with Crippen LogP contribution in [0.1, 0.15) is 23.6 Å². The van der Waals surface area contributed by atoms with Gasteiger partial charge in [0.25, 0.3) is 5.69 Å². The zero-order chi connectivity index (χ0) is 10.3. The lowest BCUT2D eigenvalue weighted by atomic mass is 10.1. The average molecular weight is 257 g/mol. The van der Waals surface area contributed by atoms with Gasteiger partial charge in [0, 0.05) is 22.6 Å². The highest BCUT2D eigenvalue weighted by atomic mass is 79.9. The number of hydrogen-bond donors (Lipinski definition) is 1. The second-order valence-electron chi connectivity index (χ2n) is 3.40. The van der Waals surface area contributed by atoms with Gasteiger partial charge in [0.05, 0.1) is 4.92 Å². The van der Waals surface area contributed by atoms with Gasteiger partial charge in [0.2, 0.25) is 0 Å². The number of halogens is 1. The van der Waals surface area contributed by atoms with Crippen LogP contribution >= 0.6 is 15.9 Å². The molecule has 2 N–H and O–H groups in total. The third kappa shape index (κ3) is 1.42. The first kappa shape index (κ1) is 9.61. The van der Waals surface area contributed by atoms with E-state index >= 15 is 0 Å². The van der Waals surface area contributed by atoms with Gasteiger partial charge >= 0.3 is 0 Å². The molecular formula is C9H9BrN2O2. The normalized spacial score (nSPS) is 19.4. The fraction of sp³-hybridized carbons (Fsp3) is 0.333. The minimum absolute atomic E-state index is 0.0544. The number of nitrogens with two attached hydrogens (primary N) is 1. The standard InChI is InChI=1S/C9H9BrN2O2/c10-8-4-5(12(13)14)3-7-6(8)1-2-9(7)11/h3-4,9H,1-2,11H2/t9-/m0/s1. The van der Waals surface area contributed by atoms with Gasteiger partial charge in [-0.3, -0.25) is 10.1 Å². The molecule has 1 aliphatic carbocycles. The molecule has 0 saturated carbocycles. The lowest BCUT2D eigenvalue weighted by Gasteiger charge is -2.05. The van der Waals surface area contributed by atoms with Crippen LogP contribution in [0.5, 0.6) is 0 Å². The molecule has 0 saturated heterocycles. The third-order valence-corrected chi connectivity index (χ3v) is 3.24. The molecule has 1 aliphatic rings. The van der Waals surface area contributed by atoms with Crippen LogP contribution in [0.2, 0.25) is 0 Å². The largest absolute Gasteiger partial charge is 0.324 e. The number of nitrogens with zero attached hydrogens (tertiary/aromatic N) is 1. The molecule has 14 heavy (non-hydrogen) atoms. The Morgan fingerprint density at radius 2 is 2.29 bits per heavy atom. The van der Waals surface area contributed by atoms with E-state index in [9.17, 15) is 10.1 Å². The summed E-state index contributed by atoms with van der Waals surface area (Å²) in [6, 6.07) is 3.07. The lowest BCUT2D eigenvalue weighted by molar-refractivity contribution is -0.385. The molecule has 0 amide bonds. The molecule has 0 fully saturated rings. The molecule has 0 heterocycles. The van der Waals surface area contributed by atoms with E-state index < -0.39 is 4.92 Å². The van der Waals surface area contributed by atoms with Gasteiger partial charge in [-0.05, 0) is 24.0 Å². The summed E-state index contributed by atoms with van der Waals surface area (Å²) in [5.74, 6) is 0. The second-order valence-corrected chi connectivity index (χ2v) is 4.25. The number of hydrogen-bond acceptors (Lipinski definition) is 3. The number of nitro groups is 1. The highest BCUT2D eigenvalue weighted by molar-refractivity contribution is 9.10. The molecule has 0 bridgehead atoms. The second kappa shape index (κ2) is 3.33. The topological polar surface area (TPSA) is 69.2 Å². The molecule has 74 valence electrons. The number of rotatable bonds is 1. The summed E-state index contributed by atoms with van der Waals surface area (Å²) in [4.78, 5) is 10.2. The summed E-state index contributed by atoms with van der Waals surface area (Å²) in [7, 11) is 0. The van der Waals surface area contributed by atoms with Crippen molar-refractivity contribution in [2.24, 2.45) is 5.73 Å². The molecule has 1 aromatic rings. The van der Waals surface area contributed by atoms with Crippen molar-refractivity contribution in [2.75, 3.05) is 0 Å². The Morgan fingerprint density at radius 1 is 1.57 bits per heavy atom. The predicted molar refractivity (Wildman–Crippen MR) is 56.0 cm³/mol. The molecule has 2 rings (SSSR count). The Balaban J connectivity index is 2.58. The SMILES string of the molecule is N[C@H]1CCc2c(Br)cc([N+](=O)[O-])cc21. The van der Waals surface area contributed by atoms with Crippen LogP contribution in [-0.4, -0.2) is 4.92 Å². The number of nitro benzene ring substituents is 1. The van der Waals surface area contributed by atoms with E-state index in [1.54, 1.807) is 6.07 Å². The van der Waals surface area contributed by atoms with E-state index in [1.807, 2.05) is 0 Å². The maximum Gasteiger partial charge on any atom is 0.270 e. The van der Waals surface area contributed by atoms with Gasteiger partial charge < -0.3 is 5.73 Å². The van der Waals surface area contributed by atoms with Crippen molar-refractivity contribution in [2.45, 2.75) is 18.9 Å². The van der Waals surface area contributed by atoms with E-state index in [4.69, 9.17) is 5.73 Å². The van der Waals surface area contributed by atoms with E-state index in [2.05, 4.69) is 15.9 Å². The quantitative estimate of drug-likeness (QED) is 0.619. The Bertz CT molecular complexity index is 406. The minimum Gasteiger partial charge on any atom is -0.324 e. The molecule has 0 radical (unpaired) electrons. The van der Waals surface area contributed by atoms with Crippen LogP contribution < -0.4 is 5.73 Å². The fourth-order valence-corrected chi connectivity index (χ4v) is 2.46. The van der Waals surface area contributed by atoms with E-state index in [0.717, 1.165) is 28.4 Å². The summed E-state index contributed by atoms with van der Waals surface area (Å²) < 4.78 is 0.801. The van der Waals surface area contributed by atoms with E-state index in [-0.39, 0.29) is 11.7 Å². The lowest BCUT2D eigenvalue weighted by Crippen LogP contribution is -2.05. The molecule has 0 spiro atoms. The first-order valence-electron chi connectivity index (χ1n) is 4.32. The Labute approximate surface area is 89.4 Å². The summed E-state index contributed by atoms with van der Waals surface area (Å²) in [5.41, 5.74) is 7.97. The van der Waals surface area contributed by atoms with Gasteiger partial charge in [-0.1, -0.05) is 15.9 Å². The van der Waals surface area contributed by atoms with Crippen molar-refractivity contribution in [3.8, 4) is 0 Å². The van der Waals surface area contributed by atoms with Gasteiger partial charge in [0.15, 0.2) is 0 Å². The van der Waals surface area contributed by atoms with Crippen LogP contribution in [0, 0.1) is 10.1 Å². The fourth-order valence-electron chi connectivity index (χ4n) is 1.80. The van der Waals surface area contributed by atoms with Crippen molar-refractivity contribution in [1.29, 1.82) is 0 Å². The van der Waals surface area contributed by atoms with Crippen LogP contribution in [-0.2, 0) is 6.42 Å². The van der Waals surface area contributed by atoms with Crippen LogP contribution in [0.25, 0.3) is 0 Å². The highest BCUT2D eigenvalue weighted by Gasteiger charge is 2.24. The Kier molecular flexibility index (Phi) is 2.28. The van der Waals surface area contributed by atoms with Crippen molar-refractivity contribution < 1.29 is 4.92 Å². The highest BCUT2D eigenvalue weighted by Crippen LogP contribution is 2.37. The predicted octanol–water partition coefficient (Wildman–Crippen LogP) is 2.30. The number of benzene rings is 1.